The summed E-state index contributed by atoms with van der Waals surface area (Å²) in [5.74, 6) is 0.0884. The van der Waals surface area contributed by atoms with E-state index in [1.807, 2.05) is 0 Å². The molecule has 0 aliphatic carbocycles. The maximum Gasteiger partial charge on any atom is 0.280 e. The fraction of sp³-hybridized carbons (Fsp3) is 0.100. The third-order valence-electron chi connectivity index (χ3n) is 2.45. The van der Waals surface area contributed by atoms with Gasteiger partial charge in [-0.05, 0) is 6.07 Å². The van der Waals surface area contributed by atoms with E-state index in [-0.39, 0.29) is 11.5 Å². The maximum absolute atomic E-state index is 12.1. The third-order valence-corrected chi connectivity index (χ3v) is 2.45. The lowest BCUT2D eigenvalue weighted by Gasteiger charge is -2.06. The van der Waals surface area contributed by atoms with Crippen molar-refractivity contribution in [1.29, 1.82) is 0 Å². The topological polar surface area (TPSA) is 94.2 Å². The highest BCUT2D eigenvalue weighted by Gasteiger charge is 2.08. The molecule has 0 fully saturated rings. The first-order chi connectivity index (χ1) is 8.66. The number of hydrogen-bond acceptors (Lipinski definition) is 5. The highest BCUT2D eigenvalue weighted by atomic mass is 16.2. The molecule has 90 valence electrons. The molecular formula is C10H8N6O2. The molecule has 8 heteroatoms. The molecule has 0 bridgehead atoms. The summed E-state index contributed by atoms with van der Waals surface area (Å²) >= 11 is 0. The molecule has 3 aromatic rings. The monoisotopic (exact) mass is 244 g/mol. The second kappa shape index (κ2) is 3.62. The Labute approximate surface area is 99.9 Å². The van der Waals surface area contributed by atoms with E-state index in [2.05, 4.69) is 20.5 Å². The summed E-state index contributed by atoms with van der Waals surface area (Å²) in [5.41, 5.74) is 2.62. The number of carbonyl (C=O) groups excluding carboxylic acids is 1. The minimum Gasteiger partial charge on any atom is -0.274 e. The van der Waals surface area contributed by atoms with Gasteiger partial charge in [0.25, 0.3) is 11.3 Å². The molecule has 0 aromatic carbocycles. The molecule has 3 aromatic heterocycles. The van der Waals surface area contributed by atoms with Crippen molar-refractivity contribution in [3.63, 3.8) is 0 Å². The van der Waals surface area contributed by atoms with Crippen LogP contribution >= 0.6 is 0 Å². The molecule has 0 aliphatic heterocycles. The summed E-state index contributed by atoms with van der Waals surface area (Å²) < 4.78 is 2.57. The molecular weight excluding hydrogens is 236 g/mol. The number of aromatic nitrogens is 5. The molecule has 0 aliphatic rings. The summed E-state index contributed by atoms with van der Waals surface area (Å²) in [6.45, 7) is 1.33. The molecule has 0 radical (unpaired) electrons. The van der Waals surface area contributed by atoms with Crippen LogP contribution in [0.15, 0.2) is 29.6 Å². The fourth-order valence-corrected chi connectivity index (χ4v) is 1.72. The van der Waals surface area contributed by atoms with Crippen molar-refractivity contribution in [1.82, 2.24) is 24.3 Å². The van der Waals surface area contributed by atoms with Gasteiger partial charge in [0.15, 0.2) is 0 Å². The summed E-state index contributed by atoms with van der Waals surface area (Å²) in [4.78, 5) is 31.0. The van der Waals surface area contributed by atoms with E-state index in [0.29, 0.717) is 16.7 Å². The lowest BCUT2D eigenvalue weighted by molar-refractivity contribution is -0.115. The van der Waals surface area contributed by atoms with Crippen LogP contribution in [0, 0.1) is 0 Å². The minimum atomic E-state index is -0.368. The number of fused-ring (bicyclic) bond motifs is 3. The quantitative estimate of drug-likeness (QED) is 0.624. The number of amides is 1. The van der Waals surface area contributed by atoms with E-state index in [1.54, 1.807) is 6.07 Å². The summed E-state index contributed by atoms with van der Waals surface area (Å²) in [5, 5.41) is 4.34. The second-order valence-corrected chi connectivity index (χ2v) is 3.69. The molecule has 1 amide bonds. The van der Waals surface area contributed by atoms with E-state index in [9.17, 15) is 9.59 Å². The van der Waals surface area contributed by atoms with Crippen molar-refractivity contribution in [3.8, 4) is 0 Å². The number of pyridine rings is 1. The number of rotatable bonds is 1. The molecule has 8 nitrogen and oxygen atoms in total. The van der Waals surface area contributed by atoms with Crippen molar-refractivity contribution in [2.75, 3.05) is 5.43 Å². The Hall–Kier alpha value is -2.77. The zero-order valence-electron chi connectivity index (χ0n) is 9.36. The summed E-state index contributed by atoms with van der Waals surface area (Å²) in [7, 11) is 0. The van der Waals surface area contributed by atoms with Gasteiger partial charge in [0.1, 0.15) is 6.33 Å². The first-order valence-electron chi connectivity index (χ1n) is 5.14. The predicted octanol–water partition coefficient (Wildman–Crippen LogP) is -0.471. The van der Waals surface area contributed by atoms with Crippen molar-refractivity contribution >= 4 is 22.6 Å². The number of nitrogens with zero attached hydrogens (tertiary/aromatic N) is 5. The first kappa shape index (κ1) is 10.4. The van der Waals surface area contributed by atoms with E-state index < -0.39 is 0 Å². The Balaban J connectivity index is 2.35. The van der Waals surface area contributed by atoms with Crippen LogP contribution in [0.3, 0.4) is 0 Å². The maximum atomic E-state index is 12.1. The van der Waals surface area contributed by atoms with Gasteiger partial charge in [-0.15, -0.1) is 0 Å². The Morgan fingerprint density at radius 1 is 1.39 bits per heavy atom. The van der Waals surface area contributed by atoms with Crippen molar-refractivity contribution in [3.05, 3.63) is 35.1 Å². The second-order valence-electron chi connectivity index (χ2n) is 3.69. The predicted molar refractivity (Wildman–Crippen MR) is 62.6 cm³/mol. The van der Waals surface area contributed by atoms with E-state index in [4.69, 9.17) is 0 Å². The standard InChI is InChI=1S/C10H8N6O2/c1-6(17)14-15-3-2-8-7(9(15)18)4-11-10-12-5-13-16(8)10/h2-5H,1H3,(H,14,17). The van der Waals surface area contributed by atoms with Gasteiger partial charge < -0.3 is 0 Å². The van der Waals surface area contributed by atoms with Crippen LogP contribution in [0.25, 0.3) is 16.7 Å². The molecule has 0 atom stereocenters. The van der Waals surface area contributed by atoms with E-state index in [0.717, 1.165) is 4.68 Å². The normalized spacial score (nSPS) is 10.9. The summed E-state index contributed by atoms with van der Waals surface area (Å²) in [6, 6.07) is 1.66. The van der Waals surface area contributed by atoms with Gasteiger partial charge in [0, 0.05) is 19.3 Å². The average Bonchev–Trinajstić information content (AvgIpc) is 2.80. The largest absolute Gasteiger partial charge is 0.280 e. The smallest absolute Gasteiger partial charge is 0.274 e. The Morgan fingerprint density at radius 3 is 3.00 bits per heavy atom. The molecule has 0 spiro atoms. The Bertz CT molecular complexity index is 818. The van der Waals surface area contributed by atoms with Gasteiger partial charge >= 0.3 is 0 Å². The first-order valence-corrected chi connectivity index (χ1v) is 5.14. The van der Waals surface area contributed by atoms with Gasteiger partial charge in [0.2, 0.25) is 5.91 Å². The van der Waals surface area contributed by atoms with Crippen molar-refractivity contribution in [2.45, 2.75) is 6.92 Å². The highest BCUT2D eigenvalue weighted by Crippen LogP contribution is 2.08. The van der Waals surface area contributed by atoms with Gasteiger partial charge in [-0.2, -0.15) is 14.6 Å². The van der Waals surface area contributed by atoms with Crippen LogP contribution in [0.2, 0.25) is 0 Å². The van der Waals surface area contributed by atoms with Gasteiger partial charge in [-0.3, -0.25) is 15.0 Å². The van der Waals surface area contributed by atoms with Crippen LogP contribution in [0.1, 0.15) is 6.92 Å². The van der Waals surface area contributed by atoms with Crippen molar-refractivity contribution < 1.29 is 4.79 Å². The molecule has 0 saturated carbocycles. The zero-order chi connectivity index (χ0) is 12.7. The number of carbonyl (C=O) groups is 1. The van der Waals surface area contributed by atoms with Crippen LogP contribution in [0.5, 0.6) is 0 Å². The number of nitrogens with one attached hydrogen (secondary N) is 1. The minimum absolute atomic E-state index is 0.328. The lowest BCUT2D eigenvalue weighted by Crippen LogP contribution is -2.31. The Kier molecular flexibility index (Phi) is 2.09. The zero-order valence-corrected chi connectivity index (χ0v) is 9.36. The van der Waals surface area contributed by atoms with Gasteiger partial charge in [0.05, 0.1) is 10.9 Å². The number of hydrogen-bond donors (Lipinski definition) is 1. The van der Waals surface area contributed by atoms with Crippen molar-refractivity contribution in [2.24, 2.45) is 0 Å². The van der Waals surface area contributed by atoms with E-state index >= 15 is 0 Å². The van der Waals surface area contributed by atoms with Gasteiger partial charge in [-0.25, -0.2) is 9.66 Å². The average molecular weight is 244 g/mol. The van der Waals surface area contributed by atoms with Gasteiger partial charge in [-0.1, -0.05) is 0 Å². The fourth-order valence-electron chi connectivity index (χ4n) is 1.72. The molecule has 0 saturated heterocycles. The van der Waals surface area contributed by atoms with Crippen LogP contribution in [-0.2, 0) is 4.79 Å². The Morgan fingerprint density at radius 2 is 2.22 bits per heavy atom. The molecule has 3 heterocycles. The molecule has 1 N–H and O–H groups in total. The SMILES string of the molecule is CC(=O)Nn1ccc2c(cnc3ncnn32)c1=O. The van der Waals surface area contributed by atoms with E-state index in [1.165, 1.54) is 30.2 Å². The van der Waals surface area contributed by atoms with Crippen LogP contribution in [-0.4, -0.2) is 30.2 Å². The molecule has 3 rings (SSSR count). The molecule has 0 unspecified atom stereocenters. The molecule has 18 heavy (non-hydrogen) atoms. The van der Waals surface area contributed by atoms with Crippen LogP contribution < -0.4 is 11.0 Å². The van der Waals surface area contributed by atoms with Crippen LogP contribution in [0.4, 0.5) is 0 Å². The highest BCUT2D eigenvalue weighted by molar-refractivity contribution is 5.82. The third kappa shape index (κ3) is 1.43. The summed E-state index contributed by atoms with van der Waals surface area (Å²) in [6.07, 6.45) is 4.24. The lowest BCUT2D eigenvalue weighted by atomic mass is 10.3.